The van der Waals surface area contributed by atoms with Crippen LogP contribution in [0.3, 0.4) is 0 Å². The lowest BCUT2D eigenvalue weighted by molar-refractivity contribution is -0.142. The molecule has 0 fully saturated rings. The van der Waals surface area contributed by atoms with Gasteiger partial charge in [0.15, 0.2) is 0 Å². The maximum Gasteiger partial charge on any atom is 0.306 e. The monoisotopic (exact) mass is 262 g/mol. The molecule has 19 heavy (non-hydrogen) atoms. The molecular weight excluding hydrogens is 248 g/mol. The molecule has 1 unspecified atom stereocenters. The zero-order chi connectivity index (χ0) is 14.1. The lowest BCUT2D eigenvalue weighted by Gasteiger charge is -2.10. The smallest absolute Gasteiger partial charge is 0.306 e. The lowest BCUT2D eigenvalue weighted by Crippen LogP contribution is -2.34. The van der Waals surface area contributed by atoms with Gasteiger partial charge < -0.3 is 10.1 Å². The molecule has 0 aliphatic heterocycles. The van der Waals surface area contributed by atoms with E-state index in [1.165, 1.54) is 7.11 Å². The maximum atomic E-state index is 11.8. The molecule has 0 aliphatic rings. The third-order valence-electron chi connectivity index (χ3n) is 2.39. The van der Waals surface area contributed by atoms with Gasteiger partial charge in [-0.2, -0.15) is 0 Å². The Hall–Kier alpha value is -2.53. The molecule has 100 valence electrons. The van der Waals surface area contributed by atoms with Crippen LogP contribution in [0.4, 0.5) is 0 Å². The van der Waals surface area contributed by atoms with E-state index in [0.29, 0.717) is 6.54 Å². The molecule has 1 rings (SSSR count). The number of rotatable bonds is 6. The molecule has 0 radical (unpaired) electrons. The van der Waals surface area contributed by atoms with Crippen LogP contribution in [0.2, 0.25) is 0 Å². The zero-order valence-corrected chi connectivity index (χ0v) is 10.4. The number of carbonyl (C=O) groups is 2. The van der Waals surface area contributed by atoms with Gasteiger partial charge in [0.2, 0.25) is 5.91 Å². The summed E-state index contributed by atoms with van der Waals surface area (Å²) in [7, 11) is 1.21. The van der Waals surface area contributed by atoms with Gasteiger partial charge in [-0.25, -0.2) is 0 Å². The van der Waals surface area contributed by atoms with Crippen LogP contribution in [0.1, 0.15) is 12.0 Å². The maximum absolute atomic E-state index is 11.8. The summed E-state index contributed by atoms with van der Waals surface area (Å²) in [6, 6.07) is 8.17. The number of esters is 1. The van der Waals surface area contributed by atoms with E-state index in [1.54, 1.807) is 0 Å². The molecule has 0 heterocycles. The fourth-order valence-corrected chi connectivity index (χ4v) is 1.39. The summed E-state index contributed by atoms with van der Waals surface area (Å²) >= 11 is 0. The quantitative estimate of drug-likeness (QED) is 0.364. The van der Waals surface area contributed by atoms with Gasteiger partial charge in [0.1, 0.15) is 6.04 Å². The number of hydrogen-bond donors (Lipinski definition) is 1. The Bertz CT molecular complexity index is 483. The summed E-state index contributed by atoms with van der Waals surface area (Å²) in [5.74, 6) is -1.11. The molecule has 1 aromatic carbocycles. The van der Waals surface area contributed by atoms with Crippen molar-refractivity contribution in [2.24, 2.45) is 5.11 Å². The normalized spacial score (nSPS) is 11.0. The molecular formula is C12H14N4O3. The minimum atomic E-state index is -1.10. The minimum absolute atomic E-state index is 0.277. The highest BCUT2D eigenvalue weighted by molar-refractivity contribution is 5.86. The molecule has 7 heteroatoms. The number of ether oxygens (including phenoxy) is 1. The Balaban J connectivity index is 2.57. The van der Waals surface area contributed by atoms with Crippen molar-refractivity contribution < 1.29 is 14.3 Å². The van der Waals surface area contributed by atoms with Crippen molar-refractivity contribution >= 4 is 11.9 Å². The van der Waals surface area contributed by atoms with Crippen molar-refractivity contribution in [3.8, 4) is 0 Å². The minimum Gasteiger partial charge on any atom is -0.469 e. The van der Waals surface area contributed by atoms with Crippen molar-refractivity contribution in [2.45, 2.75) is 19.0 Å². The third kappa shape index (κ3) is 5.10. The van der Waals surface area contributed by atoms with E-state index in [1.807, 2.05) is 30.3 Å². The number of benzene rings is 1. The van der Waals surface area contributed by atoms with E-state index in [4.69, 9.17) is 5.53 Å². The number of nitrogens with one attached hydrogen (secondary N) is 1. The first kappa shape index (κ1) is 14.5. The van der Waals surface area contributed by atoms with Crippen molar-refractivity contribution in [3.05, 3.63) is 46.3 Å². The molecule has 0 bridgehead atoms. The second-order valence-electron chi connectivity index (χ2n) is 3.70. The van der Waals surface area contributed by atoms with Crippen molar-refractivity contribution in [1.29, 1.82) is 0 Å². The van der Waals surface area contributed by atoms with Crippen LogP contribution in [0, 0.1) is 0 Å². The molecule has 1 amide bonds. The van der Waals surface area contributed by atoms with Crippen molar-refractivity contribution in [1.82, 2.24) is 5.32 Å². The lowest BCUT2D eigenvalue weighted by atomic mass is 10.2. The van der Waals surface area contributed by atoms with Crippen molar-refractivity contribution in [2.75, 3.05) is 7.11 Å². The summed E-state index contributed by atoms with van der Waals surface area (Å²) in [5.41, 5.74) is 9.29. The molecule has 0 spiro atoms. The number of carbonyl (C=O) groups excluding carboxylic acids is 2. The van der Waals surface area contributed by atoms with Gasteiger partial charge in [0.25, 0.3) is 0 Å². The van der Waals surface area contributed by atoms with E-state index < -0.39 is 17.9 Å². The van der Waals surface area contributed by atoms with Gasteiger partial charge in [0.05, 0.1) is 13.5 Å². The highest BCUT2D eigenvalue weighted by atomic mass is 16.5. The first-order valence-corrected chi connectivity index (χ1v) is 5.60. The van der Waals surface area contributed by atoms with Gasteiger partial charge in [-0.1, -0.05) is 35.4 Å². The van der Waals surface area contributed by atoms with Crippen LogP contribution >= 0.6 is 0 Å². The Morgan fingerprint density at radius 2 is 2.11 bits per heavy atom. The second-order valence-corrected chi connectivity index (χ2v) is 3.70. The molecule has 7 nitrogen and oxygen atoms in total. The average Bonchev–Trinajstić information content (AvgIpc) is 2.45. The summed E-state index contributed by atoms with van der Waals surface area (Å²) in [6.45, 7) is 0.304. The van der Waals surface area contributed by atoms with Crippen LogP contribution in [-0.2, 0) is 20.9 Å². The number of hydrogen-bond acceptors (Lipinski definition) is 4. The fraction of sp³-hybridized carbons (Fsp3) is 0.333. The van der Waals surface area contributed by atoms with E-state index in [0.717, 1.165) is 5.56 Å². The Kier molecular flexibility index (Phi) is 5.91. The third-order valence-corrected chi connectivity index (χ3v) is 2.39. The predicted octanol–water partition coefficient (Wildman–Crippen LogP) is 1.54. The summed E-state index contributed by atoms with van der Waals surface area (Å²) in [5, 5.41) is 5.89. The van der Waals surface area contributed by atoms with Gasteiger partial charge in [-0.3, -0.25) is 9.59 Å². The number of amides is 1. The number of nitrogens with zero attached hydrogens (tertiary/aromatic N) is 3. The summed E-state index contributed by atoms with van der Waals surface area (Å²) in [4.78, 5) is 25.4. The standard InChI is InChI=1S/C12H14N4O3/c1-19-11(17)7-10(15-16-13)12(18)14-8-9-5-3-2-4-6-9/h2-6,10H,7-8H2,1H3,(H,14,18). The van der Waals surface area contributed by atoms with Crippen LogP contribution in [0.5, 0.6) is 0 Å². The zero-order valence-electron chi connectivity index (χ0n) is 10.4. The van der Waals surface area contributed by atoms with Crippen LogP contribution in [0.25, 0.3) is 10.4 Å². The first-order valence-electron chi connectivity index (χ1n) is 5.60. The SMILES string of the molecule is COC(=O)CC(N=[N+]=[N-])C(=O)NCc1ccccc1. The molecule has 0 saturated heterocycles. The van der Waals surface area contributed by atoms with Gasteiger partial charge in [-0.15, -0.1) is 0 Å². The largest absolute Gasteiger partial charge is 0.469 e. The van der Waals surface area contributed by atoms with Gasteiger partial charge in [0, 0.05) is 11.5 Å². The van der Waals surface area contributed by atoms with E-state index in [-0.39, 0.29) is 6.42 Å². The molecule has 1 atom stereocenters. The molecule has 0 aromatic heterocycles. The van der Waals surface area contributed by atoms with E-state index in [2.05, 4.69) is 20.1 Å². The predicted molar refractivity (Wildman–Crippen MR) is 67.9 cm³/mol. The molecule has 1 N–H and O–H groups in total. The van der Waals surface area contributed by atoms with E-state index >= 15 is 0 Å². The average molecular weight is 262 g/mol. The Labute approximate surface area is 110 Å². The fourth-order valence-electron chi connectivity index (χ4n) is 1.39. The molecule has 0 aliphatic carbocycles. The highest BCUT2D eigenvalue weighted by Gasteiger charge is 2.20. The Morgan fingerprint density at radius 1 is 1.42 bits per heavy atom. The van der Waals surface area contributed by atoms with E-state index in [9.17, 15) is 9.59 Å². The first-order chi connectivity index (χ1) is 9.17. The number of methoxy groups -OCH3 is 1. The summed E-state index contributed by atoms with van der Waals surface area (Å²) < 4.78 is 4.44. The summed E-state index contributed by atoms with van der Waals surface area (Å²) in [6.07, 6.45) is -0.277. The van der Waals surface area contributed by atoms with Gasteiger partial charge in [-0.05, 0) is 11.1 Å². The molecule has 1 aromatic rings. The van der Waals surface area contributed by atoms with Crippen LogP contribution in [0.15, 0.2) is 35.4 Å². The second kappa shape index (κ2) is 7.73. The molecule has 0 saturated carbocycles. The van der Waals surface area contributed by atoms with Crippen molar-refractivity contribution in [3.63, 3.8) is 0 Å². The van der Waals surface area contributed by atoms with Crippen LogP contribution in [-0.4, -0.2) is 25.0 Å². The Morgan fingerprint density at radius 3 is 2.68 bits per heavy atom. The topological polar surface area (TPSA) is 104 Å². The van der Waals surface area contributed by atoms with Gasteiger partial charge >= 0.3 is 5.97 Å². The van der Waals surface area contributed by atoms with Crippen LogP contribution < -0.4 is 5.32 Å². The number of azide groups is 1. The highest BCUT2D eigenvalue weighted by Crippen LogP contribution is 2.03.